The second kappa shape index (κ2) is 6.80. The molecule has 0 aliphatic heterocycles. The molecular formula is C16H15FN2O3. The van der Waals surface area contributed by atoms with Gasteiger partial charge in [-0.05, 0) is 18.1 Å². The Bertz CT molecular complexity index is 689. The van der Waals surface area contributed by atoms with Crippen molar-refractivity contribution in [3.63, 3.8) is 0 Å². The number of non-ortho nitro benzene ring substituents is 1. The van der Waals surface area contributed by atoms with Gasteiger partial charge in [0.25, 0.3) is 5.69 Å². The number of carbonyl (C=O) groups is 1. The first kappa shape index (κ1) is 15.6. The van der Waals surface area contributed by atoms with Crippen molar-refractivity contribution in [1.29, 1.82) is 0 Å². The lowest BCUT2D eigenvalue weighted by atomic mass is 9.95. The second-order valence-electron chi connectivity index (χ2n) is 4.78. The quantitative estimate of drug-likeness (QED) is 0.673. The van der Waals surface area contributed by atoms with E-state index in [9.17, 15) is 19.3 Å². The van der Waals surface area contributed by atoms with Crippen LogP contribution < -0.4 is 5.32 Å². The Morgan fingerprint density at radius 1 is 1.27 bits per heavy atom. The molecule has 1 N–H and O–H groups in total. The molecule has 2 aromatic carbocycles. The Labute approximate surface area is 126 Å². The molecule has 0 spiro atoms. The number of rotatable bonds is 5. The highest BCUT2D eigenvalue weighted by Crippen LogP contribution is 2.25. The summed E-state index contributed by atoms with van der Waals surface area (Å²) in [5, 5.41) is 13.2. The average Bonchev–Trinajstić information content (AvgIpc) is 2.51. The molecule has 0 unspecified atom stereocenters. The molecule has 0 aromatic heterocycles. The molecule has 0 aliphatic carbocycles. The molecule has 0 saturated carbocycles. The first-order valence-electron chi connectivity index (χ1n) is 6.82. The lowest BCUT2D eigenvalue weighted by Crippen LogP contribution is -2.21. The molecule has 0 saturated heterocycles. The van der Waals surface area contributed by atoms with Gasteiger partial charge >= 0.3 is 0 Å². The second-order valence-corrected chi connectivity index (χ2v) is 4.78. The fourth-order valence-electron chi connectivity index (χ4n) is 2.20. The van der Waals surface area contributed by atoms with Crippen LogP contribution >= 0.6 is 0 Å². The molecule has 22 heavy (non-hydrogen) atoms. The van der Waals surface area contributed by atoms with Crippen LogP contribution in [-0.2, 0) is 4.79 Å². The standard InChI is InChI=1S/C16H15FN2O3/c1-2-13(11-6-4-3-5-7-11)16(20)18-15-10-12(19(21)22)8-9-14(15)17/h3-10,13H,2H2,1H3,(H,18,20)/t13-/m0/s1. The van der Waals surface area contributed by atoms with Gasteiger partial charge in [0.05, 0.1) is 16.5 Å². The monoisotopic (exact) mass is 302 g/mol. The largest absolute Gasteiger partial charge is 0.323 e. The first-order valence-corrected chi connectivity index (χ1v) is 6.82. The Morgan fingerprint density at radius 3 is 2.55 bits per heavy atom. The number of carbonyl (C=O) groups excluding carboxylic acids is 1. The van der Waals surface area contributed by atoms with Gasteiger partial charge in [-0.25, -0.2) is 4.39 Å². The van der Waals surface area contributed by atoms with E-state index in [0.29, 0.717) is 6.42 Å². The number of amides is 1. The number of nitrogens with one attached hydrogen (secondary N) is 1. The highest BCUT2D eigenvalue weighted by molar-refractivity contribution is 5.96. The molecule has 6 heteroatoms. The molecule has 5 nitrogen and oxygen atoms in total. The van der Waals surface area contributed by atoms with Gasteiger partial charge in [-0.1, -0.05) is 37.3 Å². The molecule has 0 aliphatic rings. The van der Waals surface area contributed by atoms with Crippen LogP contribution in [0.25, 0.3) is 0 Å². The third-order valence-electron chi connectivity index (χ3n) is 3.35. The van der Waals surface area contributed by atoms with E-state index in [2.05, 4.69) is 5.32 Å². The molecule has 2 aromatic rings. The van der Waals surface area contributed by atoms with Crippen LogP contribution in [0.2, 0.25) is 0 Å². The molecule has 0 bridgehead atoms. The molecular weight excluding hydrogens is 287 g/mol. The zero-order valence-electron chi connectivity index (χ0n) is 12.0. The van der Waals surface area contributed by atoms with Crippen molar-refractivity contribution in [3.05, 3.63) is 70.0 Å². The van der Waals surface area contributed by atoms with E-state index in [4.69, 9.17) is 0 Å². The third-order valence-corrected chi connectivity index (χ3v) is 3.35. The van der Waals surface area contributed by atoms with Gasteiger partial charge in [-0.15, -0.1) is 0 Å². The average molecular weight is 302 g/mol. The summed E-state index contributed by atoms with van der Waals surface area (Å²) >= 11 is 0. The van der Waals surface area contributed by atoms with Gasteiger partial charge < -0.3 is 5.32 Å². The predicted molar refractivity (Wildman–Crippen MR) is 81.2 cm³/mol. The maximum Gasteiger partial charge on any atom is 0.271 e. The van der Waals surface area contributed by atoms with Crippen LogP contribution in [0, 0.1) is 15.9 Å². The third kappa shape index (κ3) is 3.46. The lowest BCUT2D eigenvalue weighted by Gasteiger charge is -2.15. The van der Waals surface area contributed by atoms with Gasteiger partial charge in [0.2, 0.25) is 5.91 Å². The molecule has 0 fully saturated rings. The van der Waals surface area contributed by atoms with Gasteiger partial charge in [-0.3, -0.25) is 14.9 Å². The summed E-state index contributed by atoms with van der Waals surface area (Å²) in [5.41, 5.74) is 0.353. The van der Waals surface area contributed by atoms with E-state index >= 15 is 0 Å². The minimum absolute atomic E-state index is 0.186. The summed E-state index contributed by atoms with van der Waals surface area (Å²) < 4.78 is 13.7. The summed E-state index contributed by atoms with van der Waals surface area (Å²) in [4.78, 5) is 22.4. The summed E-state index contributed by atoms with van der Waals surface area (Å²) in [7, 11) is 0. The van der Waals surface area contributed by atoms with E-state index in [1.54, 1.807) is 0 Å². The predicted octanol–water partition coefficient (Wildman–Crippen LogP) is 3.87. The zero-order chi connectivity index (χ0) is 16.1. The van der Waals surface area contributed by atoms with Crippen molar-refractivity contribution < 1.29 is 14.1 Å². The Kier molecular flexibility index (Phi) is 4.83. The highest BCUT2D eigenvalue weighted by atomic mass is 19.1. The van der Waals surface area contributed by atoms with E-state index in [1.165, 1.54) is 0 Å². The highest BCUT2D eigenvalue weighted by Gasteiger charge is 2.20. The van der Waals surface area contributed by atoms with Crippen LogP contribution in [0.15, 0.2) is 48.5 Å². The van der Waals surface area contributed by atoms with E-state index in [1.807, 2.05) is 37.3 Å². The summed E-state index contributed by atoms with van der Waals surface area (Å²) in [5.74, 6) is -1.55. The number of halogens is 1. The lowest BCUT2D eigenvalue weighted by molar-refractivity contribution is -0.384. The van der Waals surface area contributed by atoms with Crippen LogP contribution in [-0.4, -0.2) is 10.8 Å². The van der Waals surface area contributed by atoms with Gasteiger partial charge in [0.15, 0.2) is 0 Å². The number of nitro groups is 1. The summed E-state index contributed by atoms with van der Waals surface area (Å²) in [6.45, 7) is 1.85. The number of anilines is 1. The molecule has 0 heterocycles. The number of hydrogen-bond donors (Lipinski definition) is 1. The fourth-order valence-corrected chi connectivity index (χ4v) is 2.20. The van der Waals surface area contributed by atoms with Crippen molar-refractivity contribution in [2.75, 3.05) is 5.32 Å². The van der Waals surface area contributed by atoms with Crippen LogP contribution in [0.4, 0.5) is 15.8 Å². The number of nitrogens with zero attached hydrogens (tertiary/aromatic N) is 1. The Hall–Kier alpha value is -2.76. The minimum Gasteiger partial charge on any atom is -0.323 e. The Balaban J connectivity index is 2.24. The van der Waals surface area contributed by atoms with Crippen molar-refractivity contribution in [2.45, 2.75) is 19.3 Å². The van der Waals surface area contributed by atoms with Crippen LogP contribution in [0.5, 0.6) is 0 Å². The minimum atomic E-state index is -0.707. The van der Waals surface area contributed by atoms with Gasteiger partial charge in [0.1, 0.15) is 5.82 Å². The molecule has 0 radical (unpaired) electrons. The molecule has 114 valence electrons. The molecule has 2 rings (SSSR count). The smallest absolute Gasteiger partial charge is 0.271 e. The zero-order valence-corrected chi connectivity index (χ0v) is 12.0. The fraction of sp³-hybridized carbons (Fsp3) is 0.188. The van der Waals surface area contributed by atoms with E-state index < -0.39 is 22.6 Å². The SMILES string of the molecule is CC[C@H](C(=O)Nc1cc([N+](=O)[O-])ccc1F)c1ccccc1. The first-order chi connectivity index (χ1) is 10.5. The van der Waals surface area contributed by atoms with Crippen molar-refractivity contribution in [1.82, 2.24) is 0 Å². The van der Waals surface area contributed by atoms with E-state index in [0.717, 1.165) is 23.8 Å². The van der Waals surface area contributed by atoms with Crippen LogP contribution in [0.3, 0.4) is 0 Å². The van der Waals surface area contributed by atoms with Gasteiger partial charge in [-0.2, -0.15) is 0 Å². The normalized spacial score (nSPS) is 11.7. The maximum absolute atomic E-state index is 13.7. The summed E-state index contributed by atoms with van der Waals surface area (Å²) in [6, 6.07) is 12.2. The number of hydrogen-bond acceptors (Lipinski definition) is 3. The Morgan fingerprint density at radius 2 is 1.95 bits per heavy atom. The van der Waals surface area contributed by atoms with Crippen molar-refractivity contribution in [2.24, 2.45) is 0 Å². The topological polar surface area (TPSA) is 72.2 Å². The van der Waals surface area contributed by atoms with Crippen molar-refractivity contribution >= 4 is 17.3 Å². The summed E-state index contributed by atoms with van der Waals surface area (Å²) in [6.07, 6.45) is 0.534. The molecule has 1 atom stereocenters. The number of nitro benzene ring substituents is 1. The van der Waals surface area contributed by atoms with Gasteiger partial charge in [0, 0.05) is 12.1 Å². The number of benzene rings is 2. The van der Waals surface area contributed by atoms with Crippen LogP contribution in [0.1, 0.15) is 24.8 Å². The molecule has 1 amide bonds. The van der Waals surface area contributed by atoms with E-state index in [-0.39, 0.29) is 11.4 Å². The maximum atomic E-state index is 13.7. The van der Waals surface area contributed by atoms with Crippen molar-refractivity contribution in [3.8, 4) is 0 Å².